The lowest BCUT2D eigenvalue weighted by Gasteiger charge is -2.22. The number of hydrogen-bond donors (Lipinski definition) is 1. The molecule has 122 valence electrons. The van der Waals surface area contributed by atoms with Gasteiger partial charge in [0, 0.05) is 12.1 Å². The van der Waals surface area contributed by atoms with E-state index in [9.17, 15) is 13.2 Å². The van der Waals surface area contributed by atoms with Crippen molar-refractivity contribution in [3.05, 3.63) is 60.2 Å². The topological polar surface area (TPSA) is 75.7 Å². The van der Waals surface area contributed by atoms with Crippen molar-refractivity contribution < 1.29 is 18.0 Å². The van der Waals surface area contributed by atoms with E-state index in [2.05, 4.69) is 10.3 Å². The van der Waals surface area contributed by atoms with Gasteiger partial charge >= 0.3 is 0 Å². The number of sulfonamides is 1. The Morgan fingerprint density at radius 1 is 1.09 bits per heavy atom. The van der Waals surface area contributed by atoms with Crippen LogP contribution < -0.4 is 9.79 Å². The Balaban J connectivity index is 2.33. The standard InChI is InChI=1S/C16H18N2O4S/c1-3-18(14-7-5-4-6-8-14)23(20,21)15-11-9-13(10-12-15)16(19)17-22-2/h4-12H,3H2,1-2H3,(H,17,19). The number of para-hydroxylation sites is 1. The van der Waals surface area contributed by atoms with Crippen LogP contribution in [-0.2, 0) is 14.9 Å². The van der Waals surface area contributed by atoms with Crippen molar-refractivity contribution in [3.63, 3.8) is 0 Å². The summed E-state index contributed by atoms with van der Waals surface area (Å²) < 4.78 is 26.9. The molecular weight excluding hydrogens is 316 g/mol. The highest BCUT2D eigenvalue weighted by atomic mass is 32.2. The van der Waals surface area contributed by atoms with E-state index >= 15 is 0 Å². The number of nitrogens with zero attached hydrogens (tertiary/aromatic N) is 1. The summed E-state index contributed by atoms with van der Waals surface area (Å²) in [6, 6.07) is 14.6. The quantitative estimate of drug-likeness (QED) is 0.822. The summed E-state index contributed by atoms with van der Waals surface area (Å²) in [6.07, 6.45) is 0. The number of carbonyl (C=O) groups excluding carboxylic acids is 1. The summed E-state index contributed by atoms with van der Waals surface area (Å²) >= 11 is 0. The first-order valence-corrected chi connectivity index (χ1v) is 8.46. The van der Waals surface area contributed by atoms with Gasteiger partial charge in [-0.15, -0.1) is 0 Å². The third-order valence-corrected chi connectivity index (χ3v) is 5.15. The van der Waals surface area contributed by atoms with Crippen LogP contribution in [0.25, 0.3) is 0 Å². The van der Waals surface area contributed by atoms with Crippen molar-refractivity contribution in [2.75, 3.05) is 18.0 Å². The van der Waals surface area contributed by atoms with Crippen molar-refractivity contribution in [2.45, 2.75) is 11.8 Å². The van der Waals surface area contributed by atoms with E-state index in [1.165, 1.54) is 35.7 Å². The molecule has 0 unspecified atom stereocenters. The molecule has 2 aromatic carbocycles. The second-order valence-electron chi connectivity index (χ2n) is 4.67. The van der Waals surface area contributed by atoms with Gasteiger partial charge in [0.2, 0.25) is 0 Å². The fourth-order valence-electron chi connectivity index (χ4n) is 2.14. The minimum atomic E-state index is -3.69. The van der Waals surface area contributed by atoms with Gasteiger partial charge in [0.25, 0.3) is 15.9 Å². The number of anilines is 1. The van der Waals surface area contributed by atoms with Crippen LogP contribution in [0.1, 0.15) is 17.3 Å². The zero-order chi connectivity index (χ0) is 16.9. The van der Waals surface area contributed by atoms with Crippen LogP contribution in [0.3, 0.4) is 0 Å². The van der Waals surface area contributed by atoms with Crippen LogP contribution in [-0.4, -0.2) is 28.0 Å². The van der Waals surface area contributed by atoms with E-state index in [0.717, 1.165) is 0 Å². The highest BCUT2D eigenvalue weighted by Crippen LogP contribution is 2.23. The highest BCUT2D eigenvalue weighted by molar-refractivity contribution is 7.92. The summed E-state index contributed by atoms with van der Waals surface area (Å²) in [5.74, 6) is -0.438. The molecule has 0 heterocycles. The molecule has 6 nitrogen and oxygen atoms in total. The number of rotatable bonds is 6. The highest BCUT2D eigenvalue weighted by Gasteiger charge is 2.23. The van der Waals surface area contributed by atoms with E-state index in [1.54, 1.807) is 31.2 Å². The van der Waals surface area contributed by atoms with E-state index in [0.29, 0.717) is 17.8 Å². The van der Waals surface area contributed by atoms with E-state index in [-0.39, 0.29) is 4.90 Å². The smallest absolute Gasteiger partial charge is 0.274 e. The van der Waals surface area contributed by atoms with Gasteiger partial charge in [-0.25, -0.2) is 13.9 Å². The maximum atomic E-state index is 12.8. The van der Waals surface area contributed by atoms with Gasteiger partial charge in [-0.1, -0.05) is 18.2 Å². The molecule has 0 aromatic heterocycles. The summed E-state index contributed by atoms with van der Waals surface area (Å²) in [6.45, 7) is 2.07. The molecular formula is C16H18N2O4S. The van der Waals surface area contributed by atoms with Gasteiger partial charge in [-0.3, -0.25) is 13.9 Å². The SMILES string of the molecule is CCN(c1ccccc1)S(=O)(=O)c1ccc(C(=O)NOC)cc1. The number of hydrogen-bond acceptors (Lipinski definition) is 4. The number of benzene rings is 2. The molecule has 0 atom stereocenters. The molecule has 2 rings (SSSR count). The van der Waals surface area contributed by atoms with Gasteiger partial charge in [-0.05, 0) is 43.3 Å². The summed E-state index contributed by atoms with van der Waals surface area (Å²) in [5.41, 5.74) is 3.09. The Hall–Kier alpha value is -2.38. The molecule has 0 aliphatic heterocycles. The monoisotopic (exact) mass is 334 g/mol. The Labute approximate surface area is 135 Å². The molecule has 1 amide bonds. The number of nitrogens with one attached hydrogen (secondary N) is 1. The summed E-state index contributed by atoms with van der Waals surface area (Å²) in [7, 11) is -2.36. The van der Waals surface area contributed by atoms with Crippen LogP contribution in [0.5, 0.6) is 0 Å². The molecule has 0 radical (unpaired) electrons. The predicted molar refractivity (Wildman–Crippen MR) is 87.6 cm³/mol. The first-order valence-electron chi connectivity index (χ1n) is 7.02. The maximum Gasteiger partial charge on any atom is 0.274 e. The third kappa shape index (κ3) is 3.69. The zero-order valence-electron chi connectivity index (χ0n) is 12.9. The van der Waals surface area contributed by atoms with E-state index in [4.69, 9.17) is 0 Å². The van der Waals surface area contributed by atoms with Crippen LogP contribution in [0.4, 0.5) is 5.69 Å². The van der Waals surface area contributed by atoms with E-state index < -0.39 is 15.9 Å². The molecule has 0 aliphatic carbocycles. The average molecular weight is 334 g/mol. The summed E-state index contributed by atoms with van der Waals surface area (Å²) in [5, 5.41) is 0. The number of hydroxylamine groups is 1. The Bertz CT molecular complexity index is 758. The van der Waals surface area contributed by atoms with Crippen LogP contribution in [0, 0.1) is 0 Å². The van der Waals surface area contributed by atoms with Crippen molar-refractivity contribution in [3.8, 4) is 0 Å². The van der Waals surface area contributed by atoms with Crippen molar-refractivity contribution in [2.24, 2.45) is 0 Å². The maximum absolute atomic E-state index is 12.8. The molecule has 2 aromatic rings. The van der Waals surface area contributed by atoms with Crippen LogP contribution in [0.2, 0.25) is 0 Å². The minimum absolute atomic E-state index is 0.122. The zero-order valence-corrected chi connectivity index (χ0v) is 13.7. The third-order valence-electron chi connectivity index (χ3n) is 3.23. The van der Waals surface area contributed by atoms with Gasteiger partial charge in [0.15, 0.2) is 0 Å². The first-order chi connectivity index (χ1) is 11.0. The van der Waals surface area contributed by atoms with Gasteiger partial charge in [-0.2, -0.15) is 0 Å². The van der Waals surface area contributed by atoms with Crippen LogP contribution in [0.15, 0.2) is 59.5 Å². The van der Waals surface area contributed by atoms with Crippen molar-refractivity contribution in [1.29, 1.82) is 0 Å². The average Bonchev–Trinajstić information content (AvgIpc) is 2.56. The van der Waals surface area contributed by atoms with E-state index in [1.807, 2.05) is 6.07 Å². The minimum Gasteiger partial charge on any atom is -0.277 e. The Kier molecular flexibility index (Phi) is 5.36. The van der Waals surface area contributed by atoms with Gasteiger partial charge in [0.1, 0.15) is 0 Å². The second kappa shape index (κ2) is 7.26. The molecule has 23 heavy (non-hydrogen) atoms. The Morgan fingerprint density at radius 2 is 1.70 bits per heavy atom. The summed E-state index contributed by atoms with van der Waals surface area (Å²) in [4.78, 5) is 16.3. The van der Waals surface area contributed by atoms with Crippen LogP contribution >= 0.6 is 0 Å². The molecule has 0 spiro atoms. The lowest BCUT2D eigenvalue weighted by atomic mass is 10.2. The lowest BCUT2D eigenvalue weighted by molar-refractivity contribution is 0.0537. The molecule has 7 heteroatoms. The fraction of sp³-hybridized carbons (Fsp3) is 0.188. The second-order valence-corrected chi connectivity index (χ2v) is 6.53. The van der Waals surface area contributed by atoms with Gasteiger partial charge in [0.05, 0.1) is 17.7 Å². The largest absolute Gasteiger partial charge is 0.277 e. The van der Waals surface area contributed by atoms with Crippen molar-refractivity contribution >= 4 is 21.6 Å². The molecule has 0 saturated carbocycles. The number of carbonyl (C=O) groups is 1. The first kappa shape index (κ1) is 17.0. The number of amides is 1. The molecule has 0 fully saturated rings. The predicted octanol–water partition coefficient (Wildman–Crippen LogP) is 2.19. The molecule has 0 saturated heterocycles. The fourth-order valence-corrected chi connectivity index (χ4v) is 3.62. The molecule has 0 aliphatic rings. The normalized spacial score (nSPS) is 11.0. The van der Waals surface area contributed by atoms with Crippen molar-refractivity contribution in [1.82, 2.24) is 5.48 Å². The lowest BCUT2D eigenvalue weighted by Crippen LogP contribution is -2.30. The molecule has 1 N–H and O–H groups in total. The Morgan fingerprint density at radius 3 is 2.22 bits per heavy atom. The van der Waals surface area contributed by atoms with Gasteiger partial charge < -0.3 is 0 Å². The molecule has 0 bridgehead atoms.